The molecule has 3 aliphatic carbocycles. The molecule has 40 heteroatoms. The normalized spacial score (nSPS) is 16.4. The van der Waals surface area contributed by atoms with E-state index in [-0.39, 0.29) is 95.8 Å². The maximum atomic E-state index is 13.0. The van der Waals surface area contributed by atoms with Crippen LogP contribution in [0.4, 0.5) is 27.5 Å². The molecule has 17 aromatic rings. The second kappa shape index (κ2) is 40.8. The monoisotopic (exact) mass is 1810 g/mol. The molecule has 3 saturated carbocycles. The summed E-state index contributed by atoms with van der Waals surface area (Å²) in [5.41, 5.74) is 10.9. The zero-order valence-electron chi connectivity index (χ0n) is 72.9. The molecule has 0 unspecified atom stereocenters. The van der Waals surface area contributed by atoms with E-state index in [1.165, 1.54) is 0 Å². The molecule has 682 valence electrons. The lowest BCUT2D eigenvalue weighted by Crippen LogP contribution is -2.52. The third kappa shape index (κ3) is 21.3. The molecule has 21 rings (SSSR count). The number of rotatable bonds is 25. The van der Waals surface area contributed by atoms with Crippen molar-refractivity contribution in [3.05, 3.63) is 279 Å². The number of ether oxygens (including phenoxy) is 4. The Morgan fingerprint density at radius 3 is 0.970 bits per heavy atom. The number of nitrogens with one attached hydrogen (secondary N) is 8. The summed E-state index contributed by atoms with van der Waals surface area (Å²) in [5.74, 6) is 1.48. The predicted molar refractivity (Wildman–Crippen MR) is 486 cm³/mol. The maximum Gasteiger partial charge on any atom is 0.410 e. The number of hydrogen-bond donors (Lipinski definition) is 9. The van der Waals surface area contributed by atoms with Gasteiger partial charge in [-0.25, -0.2) is 4.79 Å². The Labute approximate surface area is 763 Å². The van der Waals surface area contributed by atoms with Gasteiger partial charge < -0.3 is 67.9 Å². The Bertz CT molecular complexity index is 6530. The number of pyridine rings is 4. The first-order valence-electron chi connectivity index (χ1n) is 42.7. The Hall–Kier alpha value is -16.9. The highest BCUT2D eigenvalue weighted by molar-refractivity contribution is 6.07. The number of likely N-dealkylation sites (tertiary alicyclic amines) is 1. The molecule has 17 heterocycles. The zero-order chi connectivity index (χ0) is 92.6. The van der Waals surface area contributed by atoms with Crippen molar-refractivity contribution in [1.29, 1.82) is 0 Å². The average Bonchev–Trinajstić information content (AvgIpc) is 1.62. The Morgan fingerprint density at radius 2 is 0.701 bits per heavy atom. The van der Waals surface area contributed by atoms with Gasteiger partial charge >= 0.3 is 6.09 Å². The summed E-state index contributed by atoms with van der Waals surface area (Å²) in [5, 5.41) is 64.0. The predicted octanol–water partition coefficient (Wildman–Crippen LogP) is 15.8. The quantitative estimate of drug-likeness (QED) is 0.0240. The Balaban J connectivity index is 0.000000123. The molecule has 5 amide bonds. The first-order chi connectivity index (χ1) is 65.3. The van der Waals surface area contributed by atoms with Crippen LogP contribution in [0.25, 0.3) is 90.8 Å². The molecule has 134 heavy (non-hydrogen) atoms. The van der Waals surface area contributed by atoms with Crippen LogP contribution in [0, 0.1) is 0 Å². The molecular weight excluding hydrogens is 1720 g/mol. The number of hydrogen-bond acceptors (Lipinski definition) is 26. The number of methoxy groups -OCH3 is 2. The van der Waals surface area contributed by atoms with Gasteiger partial charge in [-0.2, -0.15) is 40.8 Å². The standard InChI is InChI=1S/C27H24N6O3.C24H25N7O4.2C21H20N6O3.CH2O2/c34-27(25-10-9-24(36-25)19-14-29-30-15-19)31-23-16-33(32-26(23)22-8-4-5-11-28-22)20-12-21(13-20)35-17-18-6-2-1-3-7-18;1-24(2,3)35-23(33)30-12-16(13-30)31-14-18(21(29-31)17-6-4-5-9-25-17)28-22(32)20-8-7-19(34-20)15-10-26-27-11-15;2*1-29-15-8-14(9-15)27-12-17(20(26-27)16-4-2-3-7-22-16)25-21(28)19-6-5-18(30-19)13-10-23-24-11-13;2-1-3/h1-11,14-16,20-21H,12-13,17H2,(H,29,30)(H,31,34);4-11,14,16H,12-13H2,1-3H3,(H,26,27)(H,28,32);2*2-7,10-12,14-15H,8-9H2,1H3,(H,23,24)(H,25,28);1H,(H,2,3). The molecule has 9 N–H and O–H groups in total. The van der Waals surface area contributed by atoms with E-state index >= 15 is 0 Å². The highest BCUT2D eigenvalue weighted by atomic mass is 16.6. The molecule has 1 saturated heterocycles. The lowest BCUT2D eigenvalue weighted by atomic mass is 9.89. The number of furan rings is 4. The summed E-state index contributed by atoms with van der Waals surface area (Å²) < 4.78 is 52.5. The van der Waals surface area contributed by atoms with E-state index in [2.05, 4.69) is 99.2 Å². The van der Waals surface area contributed by atoms with Gasteiger partial charge in [0.2, 0.25) is 0 Å². The van der Waals surface area contributed by atoms with Gasteiger partial charge in [0.25, 0.3) is 30.1 Å². The third-order valence-electron chi connectivity index (χ3n) is 22.2. The summed E-state index contributed by atoms with van der Waals surface area (Å²) in [6, 6.07) is 46.5. The van der Waals surface area contributed by atoms with E-state index in [9.17, 15) is 24.0 Å². The first-order valence-corrected chi connectivity index (χ1v) is 42.7. The van der Waals surface area contributed by atoms with E-state index in [4.69, 9.17) is 61.8 Å². The number of amides is 5. The lowest BCUT2D eigenvalue weighted by molar-refractivity contribution is -0.122. The van der Waals surface area contributed by atoms with Crippen molar-refractivity contribution in [3.8, 4) is 90.8 Å². The molecular formula is C94H91N25O15. The number of anilines is 4. The SMILES string of the molecule is CC(C)(C)OC(=O)N1CC(n2cc(NC(=O)c3ccc(-c4cn[nH]c4)o3)c(-c3ccccn3)n2)C1.COC1CC(n2cc(NC(=O)c3ccc(-c4cn[nH]c4)o3)c(-c3ccccn3)n2)C1.COC1CC(n2cc(NC(=O)c3ccc(-c4cn[nH]c4)o3)c(-c3ccccn3)n2)C1.O=C(Nc1cn(C2CC(OCc3ccccc3)C2)nc1-c1ccccn1)c1ccc(-c2cn[nH]c2)o1.O=CO. The van der Waals surface area contributed by atoms with Crippen molar-refractivity contribution < 1.29 is 70.5 Å². The van der Waals surface area contributed by atoms with E-state index < -0.39 is 11.5 Å². The van der Waals surface area contributed by atoms with Crippen LogP contribution in [0.2, 0.25) is 0 Å². The van der Waals surface area contributed by atoms with Crippen LogP contribution < -0.4 is 21.3 Å². The van der Waals surface area contributed by atoms with Gasteiger partial charge in [0.15, 0.2) is 23.0 Å². The number of nitrogens with zero attached hydrogens (tertiary/aromatic N) is 17. The minimum absolute atomic E-state index is 0.0491. The Morgan fingerprint density at radius 1 is 0.410 bits per heavy atom. The first kappa shape index (κ1) is 89.1. The second-order valence-corrected chi connectivity index (χ2v) is 32.4. The largest absolute Gasteiger partial charge is 0.483 e. The lowest BCUT2D eigenvalue weighted by Gasteiger charge is -2.39. The summed E-state index contributed by atoms with van der Waals surface area (Å²) >= 11 is 0. The fourth-order valence-corrected chi connectivity index (χ4v) is 14.9. The summed E-state index contributed by atoms with van der Waals surface area (Å²) in [6.07, 6.45) is 33.0. The number of aromatic nitrogens is 20. The average molecular weight is 1810 g/mol. The van der Waals surface area contributed by atoms with Gasteiger partial charge in [-0.1, -0.05) is 54.6 Å². The van der Waals surface area contributed by atoms with Gasteiger partial charge in [-0.05, 0) is 162 Å². The molecule has 1 aromatic carbocycles. The molecule has 0 spiro atoms. The fraction of sp³-hybridized carbons (Fsp3) is 0.234. The molecule has 0 bridgehead atoms. The van der Waals surface area contributed by atoms with Crippen molar-refractivity contribution in [1.82, 2.24) is 105 Å². The van der Waals surface area contributed by atoms with Crippen molar-refractivity contribution in [3.63, 3.8) is 0 Å². The van der Waals surface area contributed by atoms with E-state index in [0.29, 0.717) is 111 Å². The van der Waals surface area contributed by atoms with Crippen LogP contribution in [0.1, 0.15) is 131 Å². The minimum Gasteiger partial charge on any atom is -0.483 e. The van der Waals surface area contributed by atoms with E-state index in [1.54, 1.807) is 153 Å². The third-order valence-corrected chi connectivity index (χ3v) is 22.2. The highest BCUT2D eigenvalue weighted by Crippen LogP contribution is 2.42. The summed E-state index contributed by atoms with van der Waals surface area (Å²) in [7, 11) is 3.44. The van der Waals surface area contributed by atoms with Gasteiger partial charge in [0.05, 0.1) is 142 Å². The molecule has 40 nitrogen and oxygen atoms in total. The van der Waals surface area contributed by atoms with Crippen molar-refractivity contribution in [2.75, 3.05) is 48.6 Å². The van der Waals surface area contributed by atoms with Crippen LogP contribution in [0.5, 0.6) is 0 Å². The van der Waals surface area contributed by atoms with Crippen LogP contribution >= 0.6 is 0 Å². The molecule has 0 atom stereocenters. The van der Waals surface area contributed by atoms with Crippen molar-refractivity contribution >= 4 is 58.9 Å². The van der Waals surface area contributed by atoms with Crippen LogP contribution in [0.15, 0.2) is 268 Å². The van der Waals surface area contributed by atoms with Crippen LogP contribution in [0.3, 0.4) is 0 Å². The van der Waals surface area contributed by atoms with Gasteiger partial charge in [-0.3, -0.25) is 83.0 Å². The van der Waals surface area contributed by atoms with E-state index in [1.807, 2.05) is 144 Å². The van der Waals surface area contributed by atoms with Crippen molar-refractivity contribution in [2.24, 2.45) is 0 Å². The Kier molecular flexibility index (Phi) is 27.2. The number of aromatic amines is 4. The number of carboxylic acid groups (broad SMARTS) is 1. The maximum absolute atomic E-state index is 13.0. The number of carbonyl (C=O) groups is 6. The van der Waals surface area contributed by atoms with E-state index in [0.717, 1.165) is 66.3 Å². The fourth-order valence-electron chi connectivity index (χ4n) is 14.9. The minimum atomic E-state index is -0.555. The molecule has 1 aliphatic heterocycles. The number of carbonyl (C=O) groups excluding carboxylic acids is 5. The highest BCUT2D eigenvalue weighted by Gasteiger charge is 2.39. The molecule has 4 aliphatic rings. The van der Waals surface area contributed by atoms with Gasteiger partial charge in [-0.15, -0.1) is 0 Å². The topological polar surface area (TPSA) is 501 Å². The van der Waals surface area contributed by atoms with Gasteiger partial charge in [0, 0.05) is 102 Å². The van der Waals surface area contributed by atoms with Gasteiger partial charge in [0.1, 0.15) is 51.4 Å². The zero-order valence-corrected chi connectivity index (χ0v) is 72.9. The van der Waals surface area contributed by atoms with Crippen LogP contribution in [-0.2, 0) is 30.3 Å². The molecule has 16 aromatic heterocycles. The second-order valence-electron chi connectivity index (χ2n) is 32.4. The summed E-state index contributed by atoms with van der Waals surface area (Å²) in [4.78, 5) is 91.5. The smallest absolute Gasteiger partial charge is 0.410 e. The number of benzene rings is 1. The van der Waals surface area contributed by atoms with Crippen molar-refractivity contribution in [2.45, 2.75) is 114 Å². The molecule has 0 radical (unpaired) electrons. The summed E-state index contributed by atoms with van der Waals surface area (Å²) in [6.45, 7) is 6.76. The number of H-pyrrole nitrogens is 4. The molecule has 4 fully saturated rings. The van der Waals surface area contributed by atoms with Crippen LogP contribution in [-0.4, -0.2) is 197 Å².